The Labute approximate surface area is 295 Å². The standard InChI is InChI=1S/C45H23N5S/c46-24-27-10-9-15-33(44(27)49-37-16-5-1-11-30(37)31-12-2-6-17-38(31)49)36-22-28(25-47)29(26-48)23-40(36)50-39-18-7-3-13-32(39)34-20-21-42-43(45(34)50)35-14-4-8-19-41(35)51-42/h1-23H. The van der Waals surface area contributed by atoms with Crippen molar-refractivity contribution >= 4 is 75.1 Å². The highest BCUT2D eigenvalue weighted by Gasteiger charge is 2.25. The van der Waals surface area contributed by atoms with Gasteiger partial charge in [-0.1, -0.05) is 91.0 Å². The number of hydrogen-bond donors (Lipinski definition) is 0. The molecule has 0 fully saturated rings. The Hall–Kier alpha value is -7.17. The first-order chi connectivity index (χ1) is 25.2. The van der Waals surface area contributed by atoms with Crippen molar-refractivity contribution in [1.29, 1.82) is 15.8 Å². The van der Waals surface area contributed by atoms with Crippen molar-refractivity contribution in [3.05, 3.63) is 156 Å². The van der Waals surface area contributed by atoms with E-state index in [1.54, 1.807) is 11.3 Å². The molecule has 6 heteroatoms. The molecule has 0 unspecified atom stereocenters. The molecule has 0 atom stereocenters. The summed E-state index contributed by atoms with van der Waals surface area (Å²) in [6.45, 7) is 0. The minimum atomic E-state index is 0.277. The Balaban J connectivity index is 1.42. The smallest absolute Gasteiger partial charge is 0.101 e. The maximum atomic E-state index is 10.7. The highest BCUT2D eigenvalue weighted by atomic mass is 32.1. The van der Waals surface area contributed by atoms with Gasteiger partial charge in [-0.15, -0.1) is 11.3 Å². The minimum Gasteiger partial charge on any atom is -0.308 e. The molecule has 7 aromatic carbocycles. The van der Waals surface area contributed by atoms with Crippen LogP contribution in [0.5, 0.6) is 0 Å². The maximum Gasteiger partial charge on any atom is 0.101 e. The number of para-hydroxylation sites is 4. The van der Waals surface area contributed by atoms with Crippen LogP contribution in [0.1, 0.15) is 16.7 Å². The van der Waals surface area contributed by atoms with Crippen molar-refractivity contribution in [2.75, 3.05) is 0 Å². The highest BCUT2D eigenvalue weighted by Crippen LogP contribution is 2.46. The van der Waals surface area contributed by atoms with E-state index < -0.39 is 0 Å². The van der Waals surface area contributed by atoms with Crippen LogP contribution < -0.4 is 0 Å². The van der Waals surface area contributed by atoms with Gasteiger partial charge in [-0.25, -0.2) is 0 Å². The molecule has 51 heavy (non-hydrogen) atoms. The first-order valence-corrected chi connectivity index (χ1v) is 17.4. The summed E-state index contributed by atoms with van der Waals surface area (Å²) < 4.78 is 6.80. The van der Waals surface area contributed by atoms with Crippen LogP contribution in [0.4, 0.5) is 0 Å². The average molecular weight is 666 g/mol. The van der Waals surface area contributed by atoms with Gasteiger partial charge < -0.3 is 9.13 Å². The van der Waals surface area contributed by atoms with Gasteiger partial charge in [0.1, 0.15) is 18.2 Å². The Kier molecular flexibility index (Phi) is 6.17. The Morgan fingerprint density at radius 3 is 1.67 bits per heavy atom. The number of rotatable bonds is 3. The van der Waals surface area contributed by atoms with Crippen molar-refractivity contribution in [1.82, 2.24) is 9.13 Å². The van der Waals surface area contributed by atoms with E-state index in [-0.39, 0.29) is 5.56 Å². The molecule has 0 saturated carbocycles. The van der Waals surface area contributed by atoms with Crippen LogP contribution >= 0.6 is 11.3 Å². The number of benzene rings is 7. The van der Waals surface area contributed by atoms with E-state index in [0.29, 0.717) is 11.1 Å². The summed E-state index contributed by atoms with van der Waals surface area (Å²) in [5.41, 5.74) is 8.05. The molecule has 0 aliphatic carbocycles. The summed E-state index contributed by atoms with van der Waals surface area (Å²) >= 11 is 1.76. The topological polar surface area (TPSA) is 81.2 Å². The van der Waals surface area contributed by atoms with Crippen LogP contribution in [0.3, 0.4) is 0 Å². The normalized spacial score (nSPS) is 11.5. The van der Waals surface area contributed by atoms with Crippen LogP contribution in [0.25, 0.3) is 86.3 Å². The lowest BCUT2D eigenvalue weighted by Gasteiger charge is -2.20. The van der Waals surface area contributed by atoms with Crippen molar-refractivity contribution in [2.24, 2.45) is 0 Å². The van der Waals surface area contributed by atoms with Crippen molar-refractivity contribution in [3.8, 4) is 40.7 Å². The van der Waals surface area contributed by atoms with Crippen molar-refractivity contribution in [2.45, 2.75) is 0 Å². The van der Waals surface area contributed by atoms with Crippen LogP contribution in [-0.2, 0) is 0 Å². The Morgan fingerprint density at radius 1 is 0.431 bits per heavy atom. The molecule has 10 rings (SSSR count). The van der Waals surface area contributed by atoms with E-state index in [1.165, 1.54) is 14.8 Å². The maximum absolute atomic E-state index is 10.7. The van der Waals surface area contributed by atoms with Gasteiger partial charge in [-0.2, -0.15) is 15.8 Å². The first-order valence-electron chi connectivity index (χ1n) is 16.5. The largest absolute Gasteiger partial charge is 0.308 e. The summed E-state index contributed by atoms with van der Waals surface area (Å²) in [4.78, 5) is 0. The summed E-state index contributed by atoms with van der Waals surface area (Å²) in [7, 11) is 0. The monoisotopic (exact) mass is 665 g/mol. The molecule has 3 heterocycles. The number of nitriles is 3. The van der Waals surface area contributed by atoms with Crippen LogP contribution in [0.2, 0.25) is 0 Å². The zero-order valence-electron chi connectivity index (χ0n) is 26.9. The number of nitrogens with zero attached hydrogens (tertiary/aromatic N) is 5. The third-order valence-corrected chi connectivity index (χ3v) is 11.2. The lowest BCUT2D eigenvalue weighted by Crippen LogP contribution is -2.05. The summed E-state index contributed by atoms with van der Waals surface area (Å²) in [5.74, 6) is 0. The molecule has 0 saturated heterocycles. The van der Waals surface area contributed by atoms with Crippen LogP contribution in [0, 0.1) is 34.0 Å². The SMILES string of the molecule is N#Cc1cc(-c2cccc(C#N)c2-n2c3ccccc3c3ccccc32)c(-n2c3ccccc3c3ccc4sc5ccccc5c4c32)cc1C#N. The first kappa shape index (κ1) is 28.8. The third kappa shape index (κ3) is 3.99. The predicted molar refractivity (Wildman–Crippen MR) is 208 cm³/mol. The van der Waals surface area contributed by atoms with E-state index in [0.717, 1.165) is 71.5 Å². The molecule has 0 N–H and O–H groups in total. The van der Waals surface area contributed by atoms with Crippen LogP contribution in [0.15, 0.2) is 140 Å². The van der Waals surface area contributed by atoms with Gasteiger partial charge in [0.15, 0.2) is 0 Å². The zero-order valence-corrected chi connectivity index (χ0v) is 27.7. The van der Waals surface area contributed by atoms with E-state index in [2.05, 4.69) is 106 Å². The van der Waals surface area contributed by atoms with E-state index >= 15 is 0 Å². The van der Waals surface area contributed by atoms with E-state index in [9.17, 15) is 15.8 Å². The van der Waals surface area contributed by atoms with Crippen molar-refractivity contribution < 1.29 is 0 Å². The molecule has 0 radical (unpaired) electrons. The summed E-state index contributed by atoms with van der Waals surface area (Å²) in [5, 5.41) is 38.1. The fourth-order valence-electron chi connectivity index (χ4n) is 7.94. The molecule has 3 aromatic heterocycles. The summed E-state index contributed by atoms with van der Waals surface area (Å²) in [6, 6.07) is 54.2. The fraction of sp³-hybridized carbons (Fsp3) is 0. The molecular weight excluding hydrogens is 643 g/mol. The molecule has 234 valence electrons. The third-order valence-electron chi connectivity index (χ3n) is 10.0. The van der Waals surface area contributed by atoms with Gasteiger partial charge >= 0.3 is 0 Å². The zero-order chi connectivity index (χ0) is 34.2. The molecule has 0 bridgehead atoms. The summed E-state index contributed by atoms with van der Waals surface area (Å²) in [6.07, 6.45) is 0. The predicted octanol–water partition coefficient (Wildman–Crippen LogP) is 11.5. The number of fused-ring (bicyclic) bond motifs is 10. The van der Waals surface area contributed by atoms with Gasteiger partial charge in [-0.3, -0.25) is 0 Å². The second-order valence-corrected chi connectivity index (χ2v) is 13.7. The second-order valence-electron chi connectivity index (χ2n) is 12.6. The molecule has 0 aliphatic rings. The average Bonchev–Trinajstić information content (AvgIpc) is 3.84. The quantitative estimate of drug-likeness (QED) is 0.188. The Bertz CT molecular complexity index is 3190. The lowest BCUT2D eigenvalue weighted by atomic mass is 9.94. The molecule has 0 spiro atoms. The van der Waals surface area contributed by atoms with E-state index in [1.807, 2.05) is 60.7 Å². The fourth-order valence-corrected chi connectivity index (χ4v) is 9.05. The Morgan fingerprint density at radius 2 is 1.00 bits per heavy atom. The minimum absolute atomic E-state index is 0.277. The lowest BCUT2D eigenvalue weighted by molar-refractivity contribution is 1.15. The number of thiophene rings is 1. The van der Waals surface area contributed by atoms with Gasteiger partial charge in [0.25, 0.3) is 0 Å². The molecule has 5 nitrogen and oxygen atoms in total. The highest BCUT2D eigenvalue weighted by molar-refractivity contribution is 7.26. The molecular formula is C45H23N5S. The van der Waals surface area contributed by atoms with Crippen molar-refractivity contribution in [3.63, 3.8) is 0 Å². The van der Waals surface area contributed by atoms with E-state index in [4.69, 9.17) is 0 Å². The van der Waals surface area contributed by atoms with Gasteiger partial charge in [0.05, 0.1) is 50.1 Å². The molecule has 0 aliphatic heterocycles. The molecule has 0 amide bonds. The van der Waals surface area contributed by atoms with Crippen LogP contribution in [-0.4, -0.2) is 9.13 Å². The van der Waals surface area contributed by atoms with Gasteiger partial charge in [0.2, 0.25) is 0 Å². The molecule has 10 aromatic rings. The van der Waals surface area contributed by atoms with Gasteiger partial charge in [-0.05, 0) is 48.5 Å². The number of hydrogen-bond acceptors (Lipinski definition) is 4. The second kappa shape index (κ2) is 10.9. The number of aromatic nitrogens is 2. The van der Waals surface area contributed by atoms with Gasteiger partial charge in [0, 0.05) is 52.8 Å².